The van der Waals surface area contributed by atoms with Crippen LogP contribution in [0, 0.1) is 16.6 Å². The molecule has 0 aliphatic heterocycles. The highest BCUT2D eigenvalue weighted by Crippen LogP contribution is 2.62. The predicted octanol–water partition coefficient (Wildman–Crippen LogP) is 1.97. The van der Waals surface area contributed by atoms with E-state index in [0.29, 0.717) is 0 Å². The van der Waals surface area contributed by atoms with E-state index in [1.54, 1.807) is 0 Å². The number of rotatable bonds is 2. The van der Waals surface area contributed by atoms with Gasteiger partial charge in [0.1, 0.15) is 0 Å². The zero-order valence-corrected chi connectivity index (χ0v) is 11.0. The molecule has 0 unspecified atom stereocenters. The Labute approximate surface area is 106 Å². The van der Waals surface area contributed by atoms with Crippen LogP contribution in [0.15, 0.2) is 12.3 Å². The molecule has 1 fully saturated rings. The lowest BCUT2D eigenvalue weighted by Gasteiger charge is -2.08. The smallest absolute Gasteiger partial charge is 0.254 e. The number of nitrogens with zero attached hydrogens (tertiary/aromatic N) is 1. The van der Waals surface area contributed by atoms with Crippen LogP contribution in [0.5, 0.6) is 0 Å². The van der Waals surface area contributed by atoms with Crippen molar-refractivity contribution in [2.45, 2.75) is 33.7 Å². The average Bonchev–Trinajstić information content (AvgIpc) is 2.65. The Morgan fingerprint density at radius 3 is 2.44 bits per heavy atom. The lowest BCUT2D eigenvalue weighted by molar-refractivity contribution is 0.0939. The Kier molecular flexibility index (Phi) is 2.61. The molecular weight excluding hydrogens is 233 g/mol. The number of hydrogen-bond donors (Lipinski definition) is 2. The molecule has 0 saturated heterocycles. The minimum atomic E-state index is -0.758. The van der Waals surface area contributed by atoms with Crippen molar-refractivity contribution >= 4 is 11.7 Å². The van der Waals surface area contributed by atoms with Gasteiger partial charge >= 0.3 is 0 Å². The van der Waals surface area contributed by atoms with Gasteiger partial charge in [0, 0.05) is 12.2 Å². The second-order valence-electron chi connectivity index (χ2n) is 5.91. The summed E-state index contributed by atoms with van der Waals surface area (Å²) in [7, 11) is 0. The third-order valence-electron chi connectivity index (χ3n) is 4.46. The molecule has 1 saturated carbocycles. The lowest BCUT2D eigenvalue weighted by atomic mass is 10.0. The zero-order valence-electron chi connectivity index (χ0n) is 11.0. The van der Waals surface area contributed by atoms with Crippen molar-refractivity contribution in [1.29, 1.82) is 0 Å². The molecule has 5 heteroatoms. The molecule has 4 nitrogen and oxygen atoms in total. The van der Waals surface area contributed by atoms with Crippen molar-refractivity contribution in [1.82, 2.24) is 10.3 Å². The summed E-state index contributed by atoms with van der Waals surface area (Å²) in [5, 5.41) is 2.86. The van der Waals surface area contributed by atoms with E-state index in [1.807, 2.05) is 0 Å². The van der Waals surface area contributed by atoms with E-state index in [0.717, 1.165) is 0 Å². The third kappa shape index (κ3) is 1.65. The summed E-state index contributed by atoms with van der Waals surface area (Å²) in [5.41, 5.74) is 5.31. The van der Waals surface area contributed by atoms with E-state index in [2.05, 4.69) is 38.0 Å². The summed E-state index contributed by atoms with van der Waals surface area (Å²) in [6.07, 6.45) is 1.33. The van der Waals surface area contributed by atoms with Gasteiger partial charge in [-0.15, -0.1) is 0 Å². The fourth-order valence-corrected chi connectivity index (χ4v) is 2.40. The summed E-state index contributed by atoms with van der Waals surface area (Å²) < 4.78 is 13.7. The van der Waals surface area contributed by atoms with Crippen LogP contribution < -0.4 is 11.1 Å². The number of halogens is 1. The number of carbonyl (C=O) groups excluding carboxylic acids is 1. The van der Waals surface area contributed by atoms with Gasteiger partial charge in [-0.05, 0) is 16.9 Å². The summed E-state index contributed by atoms with van der Waals surface area (Å²) in [6.45, 7) is 8.31. The molecular formula is C13H18FN3O. The van der Waals surface area contributed by atoms with Crippen molar-refractivity contribution in [3.63, 3.8) is 0 Å². The molecule has 0 spiro atoms. The van der Waals surface area contributed by atoms with Gasteiger partial charge < -0.3 is 11.1 Å². The number of anilines is 1. The number of nitrogen functional groups attached to an aromatic ring is 1. The molecule has 1 heterocycles. The van der Waals surface area contributed by atoms with E-state index in [4.69, 9.17) is 5.73 Å². The van der Waals surface area contributed by atoms with Crippen LogP contribution in [0.3, 0.4) is 0 Å². The molecule has 1 aromatic rings. The molecule has 0 atom stereocenters. The van der Waals surface area contributed by atoms with Gasteiger partial charge in [0.05, 0.1) is 5.56 Å². The SMILES string of the molecule is CC1(C)C(NC(=O)c2ccnc(N)c2F)C1(C)C. The molecule has 3 N–H and O–H groups in total. The standard InChI is InChI=1S/C13H18FN3O/c1-12(2)11(13(12,3)4)17-10(18)7-5-6-16-9(15)8(7)14/h5-6,11H,1-4H3,(H2,15,16)(H,17,18). The minimum Gasteiger partial charge on any atom is -0.381 e. The van der Waals surface area contributed by atoms with Crippen molar-refractivity contribution in [3.8, 4) is 0 Å². The fourth-order valence-electron chi connectivity index (χ4n) is 2.40. The molecule has 0 aromatic carbocycles. The number of pyridine rings is 1. The third-order valence-corrected chi connectivity index (χ3v) is 4.46. The van der Waals surface area contributed by atoms with Gasteiger partial charge in [0.25, 0.3) is 5.91 Å². The van der Waals surface area contributed by atoms with Crippen LogP contribution in [-0.2, 0) is 0 Å². The molecule has 1 aromatic heterocycles. The molecule has 1 aliphatic carbocycles. The lowest BCUT2D eigenvalue weighted by Crippen LogP contribution is -2.30. The van der Waals surface area contributed by atoms with E-state index in [9.17, 15) is 9.18 Å². The highest BCUT2D eigenvalue weighted by atomic mass is 19.1. The Morgan fingerprint density at radius 1 is 1.39 bits per heavy atom. The maximum absolute atomic E-state index is 13.7. The van der Waals surface area contributed by atoms with Gasteiger partial charge in [-0.2, -0.15) is 0 Å². The first-order valence-electron chi connectivity index (χ1n) is 5.90. The zero-order chi connectivity index (χ0) is 13.7. The van der Waals surface area contributed by atoms with Crippen molar-refractivity contribution in [3.05, 3.63) is 23.6 Å². The quantitative estimate of drug-likeness (QED) is 0.844. The number of nitrogens with one attached hydrogen (secondary N) is 1. The molecule has 1 amide bonds. The van der Waals surface area contributed by atoms with Crippen LogP contribution in [0.4, 0.5) is 10.2 Å². The van der Waals surface area contributed by atoms with Gasteiger partial charge in [-0.3, -0.25) is 4.79 Å². The maximum Gasteiger partial charge on any atom is 0.254 e. The van der Waals surface area contributed by atoms with Crippen LogP contribution >= 0.6 is 0 Å². The van der Waals surface area contributed by atoms with Gasteiger partial charge in [-0.25, -0.2) is 9.37 Å². The molecule has 2 rings (SSSR count). The maximum atomic E-state index is 13.7. The highest BCUT2D eigenvalue weighted by Gasteiger charge is 2.65. The van der Waals surface area contributed by atoms with E-state index < -0.39 is 11.7 Å². The van der Waals surface area contributed by atoms with Gasteiger partial charge in [-0.1, -0.05) is 27.7 Å². The number of hydrogen-bond acceptors (Lipinski definition) is 3. The van der Waals surface area contributed by atoms with Crippen LogP contribution in [-0.4, -0.2) is 16.9 Å². The second kappa shape index (κ2) is 3.67. The summed E-state index contributed by atoms with van der Waals surface area (Å²) in [6, 6.07) is 1.37. The average molecular weight is 251 g/mol. The van der Waals surface area contributed by atoms with E-state index in [1.165, 1.54) is 12.3 Å². The first-order chi connectivity index (χ1) is 8.19. The second-order valence-corrected chi connectivity index (χ2v) is 5.91. The molecule has 0 radical (unpaired) electrons. The Morgan fingerprint density at radius 2 is 1.94 bits per heavy atom. The number of carbonyl (C=O) groups is 1. The topological polar surface area (TPSA) is 68.0 Å². The molecule has 98 valence electrons. The molecule has 0 bridgehead atoms. The Bertz CT molecular complexity index is 497. The monoisotopic (exact) mass is 251 g/mol. The number of aromatic nitrogens is 1. The molecule has 1 aliphatic rings. The fraction of sp³-hybridized carbons (Fsp3) is 0.538. The summed E-state index contributed by atoms with van der Waals surface area (Å²) >= 11 is 0. The highest BCUT2D eigenvalue weighted by molar-refractivity contribution is 5.95. The van der Waals surface area contributed by atoms with Gasteiger partial charge in [0.2, 0.25) is 0 Å². The van der Waals surface area contributed by atoms with Crippen molar-refractivity contribution in [2.75, 3.05) is 5.73 Å². The number of nitrogens with two attached hydrogens (primary N) is 1. The largest absolute Gasteiger partial charge is 0.381 e. The van der Waals surface area contributed by atoms with Crippen LogP contribution in [0.2, 0.25) is 0 Å². The van der Waals surface area contributed by atoms with E-state index >= 15 is 0 Å². The number of amides is 1. The normalized spacial score (nSPS) is 20.5. The van der Waals surface area contributed by atoms with Crippen molar-refractivity contribution in [2.24, 2.45) is 10.8 Å². The van der Waals surface area contributed by atoms with Crippen LogP contribution in [0.1, 0.15) is 38.1 Å². The van der Waals surface area contributed by atoms with Gasteiger partial charge in [0.15, 0.2) is 11.6 Å². The first kappa shape index (κ1) is 12.8. The first-order valence-corrected chi connectivity index (χ1v) is 5.90. The summed E-state index contributed by atoms with van der Waals surface area (Å²) in [4.78, 5) is 15.6. The Balaban J connectivity index is 2.18. The Hall–Kier alpha value is -1.65. The van der Waals surface area contributed by atoms with Crippen molar-refractivity contribution < 1.29 is 9.18 Å². The minimum absolute atomic E-state index is 0.0116. The summed E-state index contributed by atoms with van der Waals surface area (Å²) in [5.74, 6) is -1.45. The van der Waals surface area contributed by atoms with Crippen LogP contribution in [0.25, 0.3) is 0 Å². The predicted molar refractivity (Wildman–Crippen MR) is 67.4 cm³/mol. The molecule has 18 heavy (non-hydrogen) atoms. The van der Waals surface area contributed by atoms with E-state index in [-0.39, 0.29) is 28.3 Å².